The summed E-state index contributed by atoms with van der Waals surface area (Å²) < 4.78 is 9.78. The fraction of sp³-hybridized carbons (Fsp3) is 0.364. The molecule has 1 aromatic carbocycles. The van der Waals surface area contributed by atoms with Crippen LogP contribution >= 0.6 is 0 Å². The first-order valence-corrected chi connectivity index (χ1v) is 4.65. The fourth-order valence-corrected chi connectivity index (χ4v) is 1.06. The van der Waals surface area contributed by atoms with E-state index in [2.05, 4.69) is 0 Å². The summed E-state index contributed by atoms with van der Waals surface area (Å²) in [5.74, 6) is -0.465. The number of hydrogen-bond donors (Lipinski definition) is 1. The second-order valence-electron chi connectivity index (χ2n) is 2.34. The molecule has 0 fully saturated rings. The zero-order chi connectivity index (χ0) is 11.8. The molecule has 0 saturated carbocycles. The van der Waals surface area contributed by atoms with E-state index in [1.165, 1.54) is 14.2 Å². The normalized spacial score (nSPS) is 8.53. The number of hydrogen-bond acceptors (Lipinski definition) is 3. The molecule has 0 aliphatic rings. The molecule has 0 unspecified atom stereocenters. The SMILES string of the molecule is CC.COc1cccc(OC)c1C(=O)O. The highest BCUT2D eigenvalue weighted by atomic mass is 16.5. The average Bonchev–Trinajstić information content (AvgIpc) is 2.30. The first-order valence-electron chi connectivity index (χ1n) is 4.65. The van der Waals surface area contributed by atoms with Gasteiger partial charge in [0.05, 0.1) is 14.2 Å². The van der Waals surface area contributed by atoms with Crippen molar-refractivity contribution in [3.05, 3.63) is 23.8 Å². The number of carbonyl (C=O) groups is 1. The lowest BCUT2D eigenvalue weighted by atomic mass is 10.2. The van der Waals surface area contributed by atoms with E-state index in [1.54, 1.807) is 18.2 Å². The molecule has 0 bridgehead atoms. The predicted molar refractivity (Wildman–Crippen MR) is 57.9 cm³/mol. The van der Waals surface area contributed by atoms with Crippen LogP contribution in [0.5, 0.6) is 11.5 Å². The molecule has 0 saturated heterocycles. The first-order chi connectivity index (χ1) is 7.20. The van der Waals surface area contributed by atoms with E-state index in [0.717, 1.165) is 0 Å². The maximum Gasteiger partial charge on any atom is 0.343 e. The minimum atomic E-state index is -1.06. The van der Waals surface area contributed by atoms with Crippen molar-refractivity contribution in [1.82, 2.24) is 0 Å². The Balaban J connectivity index is 0.000000921. The molecule has 0 amide bonds. The maximum absolute atomic E-state index is 10.8. The Hall–Kier alpha value is -1.71. The lowest BCUT2D eigenvalue weighted by Crippen LogP contribution is -2.03. The molecule has 0 radical (unpaired) electrons. The average molecular weight is 212 g/mol. The smallest absolute Gasteiger partial charge is 0.343 e. The minimum Gasteiger partial charge on any atom is -0.496 e. The Kier molecular flexibility index (Phi) is 5.94. The molecule has 0 heterocycles. The van der Waals surface area contributed by atoms with Crippen molar-refractivity contribution >= 4 is 5.97 Å². The van der Waals surface area contributed by atoms with Crippen molar-refractivity contribution in [2.24, 2.45) is 0 Å². The number of rotatable bonds is 3. The Morgan fingerprint density at radius 1 is 1.13 bits per heavy atom. The van der Waals surface area contributed by atoms with Crippen LogP contribution in [0.2, 0.25) is 0 Å². The van der Waals surface area contributed by atoms with Gasteiger partial charge in [-0.3, -0.25) is 0 Å². The van der Waals surface area contributed by atoms with Crippen LogP contribution in [0.3, 0.4) is 0 Å². The van der Waals surface area contributed by atoms with Crippen molar-refractivity contribution in [2.45, 2.75) is 13.8 Å². The Labute approximate surface area is 89.4 Å². The molecule has 1 rings (SSSR count). The molecule has 1 N–H and O–H groups in total. The van der Waals surface area contributed by atoms with Crippen molar-refractivity contribution in [3.63, 3.8) is 0 Å². The largest absolute Gasteiger partial charge is 0.496 e. The molecule has 4 heteroatoms. The van der Waals surface area contributed by atoms with Crippen molar-refractivity contribution in [2.75, 3.05) is 14.2 Å². The molecule has 4 nitrogen and oxygen atoms in total. The summed E-state index contributed by atoms with van der Waals surface area (Å²) in [7, 11) is 2.84. The van der Waals surface area contributed by atoms with Crippen LogP contribution in [0, 0.1) is 0 Å². The first kappa shape index (κ1) is 13.3. The van der Waals surface area contributed by atoms with Gasteiger partial charge in [-0.05, 0) is 12.1 Å². The van der Waals surface area contributed by atoms with Gasteiger partial charge in [0.2, 0.25) is 0 Å². The van der Waals surface area contributed by atoms with Crippen LogP contribution in [0.4, 0.5) is 0 Å². The van der Waals surface area contributed by atoms with E-state index in [1.807, 2.05) is 13.8 Å². The van der Waals surface area contributed by atoms with Gasteiger partial charge in [-0.2, -0.15) is 0 Å². The van der Waals surface area contributed by atoms with Crippen molar-refractivity contribution < 1.29 is 19.4 Å². The highest BCUT2D eigenvalue weighted by molar-refractivity contribution is 5.94. The molecule has 0 aromatic heterocycles. The fourth-order valence-electron chi connectivity index (χ4n) is 1.06. The van der Waals surface area contributed by atoms with Gasteiger partial charge in [0.1, 0.15) is 17.1 Å². The number of benzene rings is 1. The lowest BCUT2D eigenvalue weighted by Gasteiger charge is -2.08. The monoisotopic (exact) mass is 212 g/mol. The van der Waals surface area contributed by atoms with Gasteiger partial charge < -0.3 is 14.6 Å². The predicted octanol–water partition coefficient (Wildman–Crippen LogP) is 2.43. The van der Waals surface area contributed by atoms with E-state index < -0.39 is 5.97 Å². The molecule has 1 aromatic rings. The molecule has 0 spiro atoms. The zero-order valence-electron chi connectivity index (χ0n) is 9.40. The highest BCUT2D eigenvalue weighted by Crippen LogP contribution is 2.27. The minimum absolute atomic E-state index is 0.0486. The Morgan fingerprint density at radius 3 is 1.80 bits per heavy atom. The standard InChI is InChI=1S/C9H10O4.C2H6/c1-12-6-4-3-5-7(13-2)8(6)9(10)11;1-2/h3-5H,1-2H3,(H,10,11);1-2H3. The van der Waals surface area contributed by atoms with Gasteiger partial charge in [-0.15, -0.1) is 0 Å². The van der Waals surface area contributed by atoms with Gasteiger partial charge in [-0.1, -0.05) is 19.9 Å². The summed E-state index contributed by atoms with van der Waals surface area (Å²) in [5.41, 5.74) is 0.0486. The maximum atomic E-state index is 10.8. The molecule has 0 aliphatic heterocycles. The second kappa shape index (κ2) is 6.70. The summed E-state index contributed by atoms with van der Waals surface area (Å²) in [4.78, 5) is 10.8. The van der Waals surface area contributed by atoms with Crippen LogP contribution in [0.25, 0.3) is 0 Å². The summed E-state index contributed by atoms with van der Waals surface area (Å²) in [5, 5.41) is 8.85. The molecular weight excluding hydrogens is 196 g/mol. The van der Waals surface area contributed by atoms with Crippen LogP contribution in [-0.4, -0.2) is 25.3 Å². The third-order valence-electron chi connectivity index (χ3n) is 1.64. The van der Waals surface area contributed by atoms with E-state index >= 15 is 0 Å². The Bertz CT molecular complexity index is 298. The van der Waals surface area contributed by atoms with Gasteiger partial charge >= 0.3 is 5.97 Å². The van der Waals surface area contributed by atoms with Crippen LogP contribution < -0.4 is 9.47 Å². The van der Waals surface area contributed by atoms with E-state index in [4.69, 9.17) is 14.6 Å². The molecular formula is C11H16O4. The highest BCUT2D eigenvalue weighted by Gasteiger charge is 2.16. The molecule has 15 heavy (non-hydrogen) atoms. The molecule has 0 aliphatic carbocycles. The quantitative estimate of drug-likeness (QED) is 0.836. The lowest BCUT2D eigenvalue weighted by molar-refractivity contribution is 0.0689. The summed E-state index contributed by atoms with van der Waals surface area (Å²) in [6.07, 6.45) is 0. The van der Waals surface area contributed by atoms with Gasteiger partial charge in [0.25, 0.3) is 0 Å². The van der Waals surface area contributed by atoms with Gasteiger partial charge in [0, 0.05) is 0 Å². The second-order valence-corrected chi connectivity index (χ2v) is 2.34. The summed E-state index contributed by atoms with van der Waals surface area (Å²) >= 11 is 0. The zero-order valence-corrected chi connectivity index (χ0v) is 9.40. The third-order valence-corrected chi connectivity index (χ3v) is 1.64. The number of carboxylic acids is 1. The van der Waals surface area contributed by atoms with E-state index in [0.29, 0.717) is 11.5 Å². The summed E-state index contributed by atoms with van der Waals surface area (Å²) in [6.45, 7) is 4.00. The number of methoxy groups -OCH3 is 2. The van der Waals surface area contributed by atoms with Gasteiger partial charge in [0.15, 0.2) is 0 Å². The van der Waals surface area contributed by atoms with Crippen LogP contribution in [-0.2, 0) is 0 Å². The number of carboxylic acid groups (broad SMARTS) is 1. The van der Waals surface area contributed by atoms with Crippen molar-refractivity contribution in [1.29, 1.82) is 0 Å². The number of aromatic carboxylic acids is 1. The van der Waals surface area contributed by atoms with E-state index in [-0.39, 0.29) is 5.56 Å². The summed E-state index contributed by atoms with van der Waals surface area (Å²) in [6, 6.07) is 4.82. The molecule has 84 valence electrons. The third kappa shape index (κ3) is 3.16. The topological polar surface area (TPSA) is 55.8 Å². The van der Waals surface area contributed by atoms with E-state index in [9.17, 15) is 4.79 Å². The molecule has 0 atom stereocenters. The number of ether oxygens (including phenoxy) is 2. The van der Waals surface area contributed by atoms with Crippen LogP contribution in [0.15, 0.2) is 18.2 Å². The Morgan fingerprint density at radius 2 is 1.53 bits per heavy atom. The van der Waals surface area contributed by atoms with Gasteiger partial charge in [-0.25, -0.2) is 4.79 Å². The van der Waals surface area contributed by atoms with Crippen molar-refractivity contribution in [3.8, 4) is 11.5 Å². The van der Waals surface area contributed by atoms with Crippen LogP contribution in [0.1, 0.15) is 24.2 Å².